The molecule has 8 heteroatoms. The fourth-order valence-corrected chi connectivity index (χ4v) is 3.84. The fourth-order valence-electron chi connectivity index (χ4n) is 3.48. The van der Waals surface area contributed by atoms with Crippen molar-refractivity contribution in [2.75, 3.05) is 13.3 Å². The van der Waals surface area contributed by atoms with Gasteiger partial charge in [-0.3, -0.25) is 9.69 Å². The molecule has 1 amide bonds. The number of fused-ring (bicyclic) bond motifs is 2. The Morgan fingerprint density at radius 3 is 3.12 bits per heavy atom. The van der Waals surface area contributed by atoms with Crippen LogP contribution in [0, 0.1) is 0 Å². The molecule has 4 rings (SSSR count). The molecule has 1 unspecified atom stereocenters. The van der Waals surface area contributed by atoms with Crippen LogP contribution < -0.4 is 4.74 Å². The first-order chi connectivity index (χ1) is 12.6. The van der Waals surface area contributed by atoms with E-state index in [1.54, 1.807) is 25.4 Å². The van der Waals surface area contributed by atoms with Gasteiger partial charge in [0.05, 0.1) is 24.2 Å². The number of esters is 1. The number of imidazole rings is 1. The minimum Gasteiger partial charge on any atom is -0.472 e. The summed E-state index contributed by atoms with van der Waals surface area (Å²) in [4.78, 5) is 31.7. The van der Waals surface area contributed by atoms with Crippen LogP contribution in [-0.2, 0) is 22.5 Å². The van der Waals surface area contributed by atoms with Gasteiger partial charge in [0.25, 0.3) is 5.91 Å². The highest BCUT2D eigenvalue weighted by Crippen LogP contribution is 2.34. The number of carbonyl (C=O) groups is 2. The largest absolute Gasteiger partial charge is 0.472 e. The molecule has 0 bridgehead atoms. The Balaban J connectivity index is 1.75. The molecule has 26 heavy (non-hydrogen) atoms. The van der Waals surface area contributed by atoms with Crippen molar-refractivity contribution in [1.82, 2.24) is 14.5 Å². The van der Waals surface area contributed by atoms with Crippen molar-refractivity contribution in [3.8, 4) is 5.75 Å². The Morgan fingerprint density at radius 2 is 2.31 bits per heavy atom. The average molecular weight is 420 g/mol. The third-order valence-electron chi connectivity index (χ3n) is 4.66. The van der Waals surface area contributed by atoms with Crippen molar-refractivity contribution in [1.29, 1.82) is 0 Å². The van der Waals surface area contributed by atoms with Gasteiger partial charge in [0.15, 0.2) is 12.8 Å². The van der Waals surface area contributed by atoms with Gasteiger partial charge in [-0.2, -0.15) is 0 Å². The van der Waals surface area contributed by atoms with Crippen molar-refractivity contribution in [3.05, 3.63) is 46.0 Å². The van der Waals surface area contributed by atoms with E-state index in [4.69, 9.17) is 9.47 Å². The Hall–Kier alpha value is -2.35. The van der Waals surface area contributed by atoms with Gasteiger partial charge in [0.2, 0.25) is 0 Å². The molecule has 1 aromatic carbocycles. The van der Waals surface area contributed by atoms with Crippen molar-refractivity contribution in [2.45, 2.75) is 32.4 Å². The van der Waals surface area contributed by atoms with E-state index in [0.29, 0.717) is 17.0 Å². The van der Waals surface area contributed by atoms with E-state index in [0.717, 1.165) is 29.6 Å². The maximum atomic E-state index is 13.1. The number of aryl methyl sites for hydroxylation is 1. The van der Waals surface area contributed by atoms with Crippen molar-refractivity contribution in [3.63, 3.8) is 0 Å². The van der Waals surface area contributed by atoms with Crippen LogP contribution in [0.5, 0.6) is 5.75 Å². The van der Waals surface area contributed by atoms with Crippen molar-refractivity contribution >= 4 is 27.8 Å². The van der Waals surface area contributed by atoms with Crippen molar-refractivity contribution < 1.29 is 19.1 Å². The Bertz CT molecular complexity index is 879. The predicted molar refractivity (Wildman–Crippen MR) is 95.7 cm³/mol. The molecule has 2 aliphatic heterocycles. The van der Waals surface area contributed by atoms with Crippen LogP contribution in [0.1, 0.15) is 41.1 Å². The van der Waals surface area contributed by atoms with E-state index in [1.165, 1.54) is 4.90 Å². The predicted octanol–water partition coefficient (Wildman–Crippen LogP) is 2.69. The van der Waals surface area contributed by atoms with E-state index >= 15 is 0 Å². The van der Waals surface area contributed by atoms with E-state index in [1.807, 2.05) is 10.6 Å². The van der Waals surface area contributed by atoms with Gasteiger partial charge in [-0.15, -0.1) is 0 Å². The number of rotatable bonds is 4. The summed E-state index contributed by atoms with van der Waals surface area (Å²) in [7, 11) is 0. The van der Waals surface area contributed by atoms with Gasteiger partial charge >= 0.3 is 5.97 Å². The fraction of sp³-hybridized carbons (Fsp3) is 0.389. The number of nitrogens with zero attached hydrogens (tertiary/aromatic N) is 3. The standard InChI is InChI=1S/C18H18BrN3O4/c1-2-25-18(24)16(15-13-4-3-7-21(13)9-20-15)22-10-26-14-6-5-11(19)8-12(14)17(22)23/h5-6,8-9,16H,2-4,7,10H2,1H3. The van der Waals surface area contributed by atoms with Crippen LogP contribution in [-0.4, -0.2) is 39.7 Å². The second-order valence-electron chi connectivity index (χ2n) is 6.22. The third-order valence-corrected chi connectivity index (χ3v) is 5.16. The normalized spacial score (nSPS) is 16.7. The molecule has 2 aliphatic rings. The minimum absolute atomic E-state index is 0.0246. The maximum absolute atomic E-state index is 13.1. The number of benzene rings is 1. The summed E-state index contributed by atoms with van der Waals surface area (Å²) in [5, 5.41) is 0. The van der Waals surface area contributed by atoms with Gasteiger partial charge in [0, 0.05) is 16.7 Å². The number of aromatic nitrogens is 2. The topological polar surface area (TPSA) is 73.7 Å². The van der Waals surface area contributed by atoms with Crippen LogP contribution in [0.3, 0.4) is 0 Å². The molecule has 3 heterocycles. The number of carbonyl (C=O) groups excluding carboxylic acids is 2. The third kappa shape index (κ3) is 2.78. The van der Waals surface area contributed by atoms with Crippen LogP contribution >= 0.6 is 15.9 Å². The molecule has 0 aliphatic carbocycles. The lowest BCUT2D eigenvalue weighted by molar-refractivity contribution is -0.150. The lowest BCUT2D eigenvalue weighted by Crippen LogP contribution is -2.45. The Labute approximate surface area is 159 Å². The highest BCUT2D eigenvalue weighted by Gasteiger charge is 2.40. The summed E-state index contributed by atoms with van der Waals surface area (Å²) in [5.41, 5.74) is 1.98. The molecule has 1 atom stereocenters. The average Bonchev–Trinajstić information content (AvgIpc) is 3.22. The Kier molecular flexibility index (Phi) is 4.44. The molecule has 0 N–H and O–H groups in total. The smallest absolute Gasteiger partial charge is 0.335 e. The second kappa shape index (κ2) is 6.75. The summed E-state index contributed by atoms with van der Waals surface area (Å²) >= 11 is 3.37. The monoisotopic (exact) mass is 419 g/mol. The molecule has 136 valence electrons. The zero-order chi connectivity index (χ0) is 18.3. The molecule has 7 nitrogen and oxygen atoms in total. The molecule has 0 radical (unpaired) electrons. The van der Waals surface area contributed by atoms with Crippen LogP contribution in [0.4, 0.5) is 0 Å². The van der Waals surface area contributed by atoms with Gasteiger partial charge in [0.1, 0.15) is 5.75 Å². The number of halogens is 1. The lowest BCUT2D eigenvalue weighted by Gasteiger charge is -2.33. The zero-order valence-electron chi connectivity index (χ0n) is 14.3. The molecule has 0 saturated carbocycles. The van der Waals surface area contributed by atoms with Crippen LogP contribution in [0.25, 0.3) is 0 Å². The molecule has 0 spiro atoms. The van der Waals surface area contributed by atoms with Gasteiger partial charge in [-0.05, 0) is 38.0 Å². The van der Waals surface area contributed by atoms with Crippen LogP contribution in [0.2, 0.25) is 0 Å². The summed E-state index contributed by atoms with van der Waals surface area (Å²) in [6.45, 7) is 2.82. The van der Waals surface area contributed by atoms with Crippen molar-refractivity contribution in [2.24, 2.45) is 0 Å². The highest BCUT2D eigenvalue weighted by molar-refractivity contribution is 9.10. The first kappa shape index (κ1) is 17.1. The van der Waals surface area contributed by atoms with E-state index in [2.05, 4.69) is 20.9 Å². The maximum Gasteiger partial charge on any atom is 0.335 e. The molecular formula is C18H18BrN3O4. The number of ether oxygens (including phenoxy) is 2. The quantitative estimate of drug-likeness (QED) is 0.712. The summed E-state index contributed by atoms with van der Waals surface area (Å²) in [6.07, 6.45) is 3.56. The second-order valence-corrected chi connectivity index (χ2v) is 7.13. The zero-order valence-corrected chi connectivity index (χ0v) is 15.9. The number of hydrogen-bond donors (Lipinski definition) is 0. The van der Waals surface area contributed by atoms with E-state index in [-0.39, 0.29) is 19.2 Å². The van der Waals surface area contributed by atoms with Gasteiger partial charge in [-0.25, -0.2) is 9.78 Å². The first-order valence-electron chi connectivity index (χ1n) is 8.54. The van der Waals surface area contributed by atoms with Crippen LogP contribution in [0.15, 0.2) is 29.0 Å². The highest BCUT2D eigenvalue weighted by atomic mass is 79.9. The van der Waals surface area contributed by atoms with E-state index < -0.39 is 12.0 Å². The summed E-state index contributed by atoms with van der Waals surface area (Å²) in [5.74, 6) is -0.256. The molecule has 0 saturated heterocycles. The first-order valence-corrected chi connectivity index (χ1v) is 9.33. The molecular weight excluding hydrogens is 402 g/mol. The molecule has 2 aromatic rings. The number of hydrogen-bond acceptors (Lipinski definition) is 5. The lowest BCUT2D eigenvalue weighted by atomic mass is 10.1. The summed E-state index contributed by atoms with van der Waals surface area (Å²) in [6, 6.07) is 4.34. The molecule has 0 fully saturated rings. The molecule has 1 aromatic heterocycles. The minimum atomic E-state index is -0.913. The van der Waals surface area contributed by atoms with Gasteiger partial charge < -0.3 is 14.0 Å². The van der Waals surface area contributed by atoms with Gasteiger partial charge in [-0.1, -0.05) is 15.9 Å². The van der Waals surface area contributed by atoms with E-state index in [9.17, 15) is 9.59 Å². The summed E-state index contributed by atoms with van der Waals surface area (Å²) < 4.78 is 13.8. The Morgan fingerprint density at radius 1 is 1.46 bits per heavy atom. The SMILES string of the molecule is CCOC(=O)C(c1ncn2c1CCC2)N1COc2ccc(Br)cc2C1=O. The number of amides is 1.